The maximum atomic E-state index is 12.7. The molecule has 1 saturated heterocycles. The van der Waals surface area contributed by atoms with Crippen LogP contribution in [0, 0.1) is 0 Å². The van der Waals surface area contributed by atoms with Crippen molar-refractivity contribution in [3.63, 3.8) is 0 Å². The Bertz CT molecular complexity index is 1240. The zero-order chi connectivity index (χ0) is 28.9. The second-order valence-corrected chi connectivity index (χ2v) is 10.5. The third-order valence-corrected chi connectivity index (χ3v) is 6.81. The fraction of sp³-hybridized carbons (Fsp3) is 0.524. The highest BCUT2D eigenvalue weighted by Gasteiger charge is 2.46. The summed E-state index contributed by atoms with van der Waals surface area (Å²) in [5, 5.41) is 30.2. The van der Waals surface area contributed by atoms with Gasteiger partial charge >= 0.3 is 16.4 Å². The van der Waals surface area contributed by atoms with Gasteiger partial charge in [-0.3, -0.25) is 9.12 Å². The number of ether oxygens (including phenoxy) is 3. The van der Waals surface area contributed by atoms with Gasteiger partial charge in [-0.2, -0.15) is 8.42 Å². The normalized spacial score (nSPS) is 23.4. The quantitative estimate of drug-likeness (QED) is 0.262. The second-order valence-electron chi connectivity index (χ2n) is 8.25. The topological polar surface area (TPSA) is 190 Å². The minimum atomic E-state index is -4.89. The Morgan fingerprint density at radius 1 is 1.13 bits per heavy atom. The van der Waals surface area contributed by atoms with Gasteiger partial charge in [-0.05, 0) is 12.5 Å². The summed E-state index contributed by atoms with van der Waals surface area (Å²) >= 11 is 18.9. The Labute approximate surface area is 238 Å². The number of aliphatic hydroxyl groups excluding tert-OH is 3. The Balaban J connectivity index is 1.75. The molecule has 14 nitrogen and oxygen atoms in total. The number of carbonyl (C=O) groups excluding carboxylic acids is 1. The van der Waals surface area contributed by atoms with Crippen molar-refractivity contribution in [3.05, 3.63) is 39.9 Å². The van der Waals surface area contributed by atoms with Crippen LogP contribution in [0.3, 0.4) is 0 Å². The fourth-order valence-electron chi connectivity index (χ4n) is 3.58. The predicted molar refractivity (Wildman–Crippen MR) is 137 cm³/mol. The maximum absolute atomic E-state index is 12.7. The molecule has 0 spiro atoms. The average Bonchev–Trinajstić information content (AvgIpc) is 3.41. The van der Waals surface area contributed by atoms with Crippen LogP contribution in [0.4, 0.5) is 4.79 Å². The summed E-state index contributed by atoms with van der Waals surface area (Å²) in [5.41, 5.74) is 0. The van der Waals surface area contributed by atoms with Gasteiger partial charge in [0.05, 0.1) is 23.2 Å². The lowest BCUT2D eigenvalue weighted by atomic mass is 9.99. The predicted octanol–water partition coefficient (Wildman–Crippen LogP) is 1.61. The Morgan fingerprint density at radius 2 is 1.82 bits per heavy atom. The monoisotopic (exact) mass is 633 g/mol. The Kier molecular flexibility index (Phi) is 11.0. The summed E-state index contributed by atoms with van der Waals surface area (Å²) in [6.07, 6.45) is -3.73. The van der Waals surface area contributed by atoms with E-state index in [1.165, 1.54) is 34.3 Å². The number of carbonyl (C=O) groups is 1. The van der Waals surface area contributed by atoms with E-state index in [0.29, 0.717) is 13.0 Å². The Morgan fingerprint density at radius 3 is 2.44 bits per heavy atom. The standard InChI is InChI=1S/C21H26Cl3N3O11S/c1-2-4-26(21(31)27-5-3-25-10-27)6-7-35-18-11(22)8-12(23)19(14(18)24)38-20-17(30)16(29)15(28)13(37-20)9-36-39(32,33)34/h3,5,8,10,13,15-17,20,28-30H,2,4,6-7,9H2,1H3,(H,32,33,34). The highest BCUT2D eigenvalue weighted by Crippen LogP contribution is 2.45. The van der Waals surface area contributed by atoms with Crippen molar-refractivity contribution < 1.29 is 51.5 Å². The number of imidazole rings is 1. The first kappa shape index (κ1) is 31.6. The molecule has 1 amide bonds. The molecule has 0 saturated carbocycles. The van der Waals surface area contributed by atoms with Crippen LogP contribution in [0.15, 0.2) is 24.8 Å². The first-order chi connectivity index (χ1) is 18.3. The van der Waals surface area contributed by atoms with Gasteiger partial charge in [0.1, 0.15) is 42.4 Å². The van der Waals surface area contributed by atoms with Crippen LogP contribution in [-0.2, 0) is 19.3 Å². The van der Waals surface area contributed by atoms with Crippen LogP contribution >= 0.6 is 34.8 Å². The lowest BCUT2D eigenvalue weighted by Gasteiger charge is -2.40. The van der Waals surface area contributed by atoms with E-state index in [1.54, 1.807) is 0 Å². The zero-order valence-corrected chi connectivity index (χ0v) is 23.3. The first-order valence-electron chi connectivity index (χ1n) is 11.4. The minimum Gasteiger partial charge on any atom is -0.488 e. The number of hydrogen-bond acceptors (Lipinski definition) is 11. The van der Waals surface area contributed by atoms with E-state index < -0.39 is 47.7 Å². The summed E-state index contributed by atoms with van der Waals surface area (Å²) in [6, 6.07) is 0.923. The van der Waals surface area contributed by atoms with Gasteiger partial charge < -0.3 is 34.4 Å². The number of benzene rings is 1. The minimum absolute atomic E-state index is 0.000300. The smallest absolute Gasteiger partial charge is 0.397 e. The molecule has 3 rings (SSSR count). The van der Waals surface area contributed by atoms with Crippen LogP contribution in [0.5, 0.6) is 11.5 Å². The molecule has 18 heteroatoms. The van der Waals surface area contributed by atoms with Crippen molar-refractivity contribution >= 4 is 51.2 Å². The molecule has 1 aromatic carbocycles. The van der Waals surface area contributed by atoms with Gasteiger partial charge in [-0.15, -0.1) is 0 Å². The largest absolute Gasteiger partial charge is 0.488 e. The van der Waals surface area contributed by atoms with Crippen LogP contribution in [0.2, 0.25) is 15.1 Å². The molecule has 2 aromatic rings. The molecular weight excluding hydrogens is 609 g/mol. The van der Waals surface area contributed by atoms with Crippen molar-refractivity contribution in [3.8, 4) is 11.5 Å². The van der Waals surface area contributed by atoms with Gasteiger partial charge in [0.25, 0.3) is 0 Å². The third-order valence-electron chi connectivity index (χ3n) is 5.47. The van der Waals surface area contributed by atoms with Crippen molar-refractivity contribution in [2.75, 3.05) is 26.3 Å². The molecule has 2 heterocycles. The average molecular weight is 635 g/mol. The third kappa shape index (κ3) is 8.07. The van der Waals surface area contributed by atoms with E-state index in [1.807, 2.05) is 6.92 Å². The van der Waals surface area contributed by atoms with E-state index in [0.717, 1.165) is 0 Å². The van der Waals surface area contributed by atoms with E-state index in [2.05, 4.69) is 9.17 Å². The molecule has 5 atom stereocenters. The first-order valence-corrected chi connectivity index (χ1v) is 13.9. The number of halogens is 3. The summed E-state index contributed by atoms with van der Waals surface area (Å²) in [7, 11) is -4.89. The maximum Gasteiger partial charge on any atom is 0.397 e. The van der Waals surface area contributed by atoms with Crippen molar-refractivity contribution in [2.24, 2.45) is 0 Å². The lowest BCUT2D eigenvalue weighted by Crippen LogP contribution is -2.60. The van der Waals surface area contributed by atoms with Crippen LogP contribution in [0.1, 0.15) is 13.3 Å². The summed E-state index contributed by atoms with van der Waals surface area (Å²) in [4.78, 5) is 18.1. The van der Waals surface area contributed by atoms with E-state index in [-0.39, 0.29) is 45.7 Å². The molecule has 218 valence electrons. The number of rotatable bonds is 11. The SMILES string of the molecule is CCCN(CCOc1c(Cl)cc(Cl)c(OC2OC(COS(=O)(=O)O)C(O)C(O)C2O)c1Cl)C(=O)n1ccnc1. The summed E-state index contributed by atoms with van der Waals surface area (Å²) in [6.45, 7) is 1.54. The summed E-state index contributed by atoms with van der Waals surface area (Å²) in [5.74, 6) is -0.346. The van der Waals surface area contributed by atoms with Gasteiger partial charge in [0, 0.05) is 18.9 Å². The molecule has 1 aliphatic rings. The zero-order valence-electron chi connectivity index (χ0n) is 20.3. The number of nitrogens with zero attached hydrogens (tertiary/aromatic N) is 3. The molecule has 0 bridgehead atoms. The van der Waals surface area contributed by atoms with Gasteiger partial charge in [-0.1, -0.05) is 41.7 Å². The molecule has 1 fully saturated rings. The highest BCUT2D eigenvalue weighted by atomic mass is 35.5. The van der Waals surface area contributed by atoms with Crippen LogP contribution in [-0.4, -0.2) is 106 Å². The molecule has 0 aliphatic carbocycles. The number of amides is 1. The number of aliphatic hydroxyl groups is 3. The molecule has 4 N–H and O–H groups in total. The van der Waals surface area contributed by atoms with E-state index >= 15 is 0 Å². The van der Waals surface area contributed by atoms with E-state index in [4.69, 9.17) is 53.6 Å². The Hall–Kier alpha value is -1.92. The molecule has 1 aromatic heterocycles. The van der Waals surface area contributed by atoms with Gasteiger partial charge in [0.2, 0.25) is 6.29 Å². The fourth-order valence-corrected chi connectivity index (χ4v) is 4.85. The highest BCUT2D eigenvalue weighted by molar-refractivity contribution is 7.80. The van der Waals surface area contributed by atoms with Gasteiger partial charge in [0.15, 0.2) is 11.5 Å². The van der Waals surface area contributed by atoms with Gasteiger partial charge in [-0.25, -0.2) is 14.0 Å². The number of hydrogen-bond donors (Lipinski definition) is 4. The lowest BCUT2D eigenvalue weighted by molar-refractivity contribution is -0.276. The second kappa shape index (κ2) is 13.6. The van der Waals surface area contributed by atoms with Crippen molar-refractivity contribution in [1.29, 1.82) is 0 Å². The van der Waals surface area contributed by atoms with E-state index in [9.17, 15) is 28.5 Å². The van der Waals surface area contributed by atoms with Crippen LogP contribution in [0.25, 0.3) is 0 Å². The molecule has 1 aliphatic heterocycles. The number of aromatic nitrogens is 2. The van der Waals surface area contributed by atoms with Crippen LogP contribution < -0.4 is 9.47 Å². The molecule has 5 unspecified atom stereocenters. The molecular formula is C21H26Cl3N3O11S. The molecule has 39 heavy (non-hydrogen) atoms. The van der Waals surface area contributed by atoms with Crippen molar-refractivity contribution in [1.82, 2.24) is 14.5 Å². The summed E-state index contributed by atoms with van der Waals surface area (Å²) < 4.78 is 52.7. The van der Waals surface area contributed by atoms with Crippen molar-refractivity contribution in [2.45, 2.75) is 44.1 Å². The molecule has 0 radical (unpaired) electrons.